The van der Waals surface area contributed by atoms with Crippen LogP contribution in [0.4, 0.5) is 0 Å². The third kappa shape index (κ3) is 3.86. The first-order valence-corrected chi connectivity index (χ1v) is 9.68. The summed E-state index contributed by atoms with van der Waals surface area (Å²) >= 11 is 0. The number of carbonyl (C=O) groups is 2. The van der Waals surface area contributed by atoms with Crippen molar-refractivity contribution in [1.82, 2.24) is 14.8 Å². The topological polar surface area (TPSA) is 62.7 Å². The maximum atomic E-state index is 12.8. The molecule has 1 aromatic heterocycles. The monoisotopic (exact) mass is 379 g/mol. The van der Waals surface area contributed by atoms with Crippen molar-refractivity contribution in [1.29, 1.82) is 0 Å². The minimum absolute atomic E-state index is 0.00838. The molecule has 2 fully saturated rings. The second kappa shape index (κ2) is 7.62. The quantitative estimate of drug-likeness (QED) is 0.773. The number of amides is 2. The smallest absolute Gasteiger partial charge is 0.260 e. The Morgan fingerprint density at radius 2 is 2.00 bits per heavy atom. The summed E-state index contributed by atoms with van der Waals surface area (Å²) in [5.41, 5.74) is 0.840. The lowest BCUT2D eigenvalue weighted by molar-refractivity contribution is -0.134. The number of likely N-dealkylation sites (tertiary alicyclic amines) is 1. The van der Waals surface area contributed by atoms with Crippen molar-refractivity contribution in [2.24, 2.45) is 11.3 Å². The van der Waals surface area contributed by atoms with E-state index in [4.69, 9.17) is 4.74 Å². The molecule has 0 unspecified atom stereocenters. The number of hydrogen-bond acceptors (Lipinski definition) is 4. The van der Waals surface area contributed by atoms with Crippen LogP contribution in [0.5, 0.6) is 5.75 Å². The molecule has 1 spiro atoms. The number of para-hydroxylation sites is 1. The fourth-order valence-corrected chi connectivity index (χ4v) is 4.09. The average molecular weight is 379 g/mol. The molecular formula is C22H25N3O3. The van der Waals surface area contributed by atoms with Crippen molar-refractivity contribution < 1.29 is 14.3 Å². The molecule has 0 N–H and O–H groups in total. The zero-order valence-corrected chi connectivity index (χ0v) is 16.1. The lowest BCUT2D eigenvalue weighted by Crippen LogP contribution is -2.34. The van der Waals surface area contributed by atoms with Crippen LogP contribution in [0.1, 0.15) is 18.5 Å². The second-order valence-corrected chi connectivity index (χ2v) is 7.80. The molecule has 6 heteroatoms. The van der Waals surface area contributed by atoms with E-state index in [0.29, 0.717) is 25.4 Å². The van der Waals surface area contributed by atoms with E-state index in [9.17, 15) is 9.59 Å². The first kappa shape index (κ1) is 18.5. The molecule has 4 rings (SSSR count). The first-order valence-electron chi connectivity index (χ1n) is 9.68. The Bertz CT molecular complexity index is 843. The second-order valence-electron chi connectivity index (χ2n) is 7.80. The predicted molar refractivity (Wildman–Crippen MR) is 104 cm³/mol. The van der Waals surface area contributed by atoms with Crippen molar-refractivity contribution in [3.8, 4) is 5.75 Å². The number of aromatic nitrogens is 1. The number of hydrogen-bond donors (Lipinski definition) is 0. The van der Waals surface area contributed by atoms with Gasteiger partial charge in [-0.2, -0.15) is 0 Å². The van der Waals surface area contributed by atoms with Gasteiger partial charge in [-0.15, -0.1) is 0 Å². The highest BCUT2D eigenvalue weighted by Crippen LogP contribution is 2.59. The zero-order valence-electron chi connectivity index (χ0n) is 16.1. The van der Waals surface area contributed by atoms with Gasteiger partial charge in [-0.3, -0.25) is 14.6 Å². The Labute approximate surface area is 165 Å². The molecule has 1 saturated heterocycles. The van der Waals surface area contributed by atoms with Gasteiger partial charge in [-0.05, 0) is 37.1 Å². The van der Waals surface area contributed by atoms with Crippen LogP contribution in [0, 0.1) is 11.3 Å². The van der Waals surface area contributed by atoms with Crippen LogP contribution >= 0.6 is 0 Å². The molecule has 1 aliphatic heterocycles. The number of benzene rings is 1. The first-order chi connectivity index (χ1) is 13.6. The summed E-state index contributed by atoms with van der Waals surface area (Å²) < 4.78 is 5.57. The minimum atomic E-state index is -0.0438. The molecule has 2 aromatic rings. The Hall–Kier alpha value is -2.89. The molecule has 2 aliphatic rings. The van der Waals surface area contributed by atoms with Gasteiger partial charge in [-0.1, -0.05) is 24.3 Å². The molecule has 2 heterocycles. The van der Waals surface area contributed by atoms with Crippen molar-refractivity contribution in [3.63, 3.8) is 0 Å². The maximum Gasteiger partial charge on any atom is 0.260 e. The van der Waals surface area contributed by atoms with E-state index in [2.05, 4.69) is 4.98 Å². The Kier molecular flexibility index (Phi) is 5.03. The Morgan fingerprint density at radius 1 is 1.21 bits per heavy atom. The highest BCUT2D eigenvalue weighted by Gasteiger charge is 2.61. The van der Waals surface area contributed by atoms with Crippen molar-refractivity contribution in [3.05, 3.63) is 60.4 Å². The van der Waals surface area contributed by atoms with Gasteiger partial charge in [0.2, 0.25) is 5.91 Å². The zero-order chi connectivity index (χ0) is 19.6. The average Bonchev–Trinajstić information content (AvgIpc) is 3.26. The summed E-state index contributed by atoms with van der Waals surface area (Å²) in [6, 6.07) is 15.1. The number of ether oxygens (including phenoxy) is 1. The number of rotatable bonds is 6. The van der Waals surface area contributed by atoms with Gasteiger partial charge in [0.15, 0.2) is 6.61 Å². The summed E-state index contributed by atoms with van der Waals surface area (Å²) in [4.78, 5) is 33.2. The largest absolute Gasteiger partial charge is 0.484 e. The Morgan fingerprint density at radius 3 is 2.75 bits per heavy atom. The van der Waals surface area contributed by atoms with Crippen molar-refractivity contribution in [2.75, 3.05) is 26.7 Å². The van der Waals surface area contributed by atoms with Crippen molar-refractivity contribution >= 4 is 11.8 Å². The van der Waals surface area contributed by atoms with Gasteiger partial charge < -0.3 is 14.5 Å². The highest BCUT2D eigenvalue weighted by atomic mass is 16.5. The summed E-state index contributed by atoms with van der Waals surface area (Å²) in [7, 11) is 1.83. The van der Waals surface area contributed by atoms with Gasteiger partial charge in [0.1, 0.15) is 5.75 Å². The van der Waals surface area contributed by atoms with E-state index >= 15 is 0 Å². The lowest BCUT2D eigenvalue weighted by atomic mass is 10.0. The number of nitrogens with zero attached hydrogens (tertiary/aromatic N) is 3. The van der Waals surface area contributed by atoms with Gasteiger partial charge in [-0.25, -0.2) is 0 Å². The molecule has 0 bridgehead atoms. The summed E-state index contributed by atoms with van der Waals surface area (Å²) in [5.74, 6) is 0.843. The minimum Gasteiger partial charge on any atom is -0.484 e. The van der Waals surface area contributed by atoms with E-state index in [1.807, 2.05) is 60.5 Å². The molecule has 146 valence electrons. The van der Waals surface area contributed by atoms with Gasteiger partial charge in [0.25, 0.3) is 5.91 Å². The molecule has 2 atom stereocenters. The van der Waals surface area contributed by atoms with E-state index in [0.717, 1.165) is 18.5 Å². The maximum absolute atomic E-state index is 12.8. The highest BCUT2D eigenvalue weighted by molar-refractivity contribution is 5.83. The molecular weight excluding hydrogens is 354 g/mol. The van der Waals surface area contributed by atoms with Gasteiger partial charge in [0, 0.05) is 37.7 Å². The molecule has 0 radical (unpaired) electrons. The van der Waals surface area contributed by atoms with Crippen LogP contribution in [0.15, 0.2) is 54.7 Å². The lowest BCUT2D eigenvalue weighted by Gasteiger charge is -2.19. The predicted octanol–water partition coefficient (Wildman–Crippen LogP) is 2.36. The number of pyridine rings is 1. The Balaban J connectivity index is 1.28. The molecule has 6 nitrogen and oxygen atoms in total. The molecule has 2 amide bonds. The van der Waals surface area contributed by atoms with Crippen LogP contribution in [-0.4, -0.2) is 53.3 Å². The SMILES string of the molecule is CN(Cc1ccccn1)C(=O)[C@@H]1C[C@@]12CCN(C(=O)COc1ccccc1)C2. The summed E-state index contributed by atoms with van der Waals surface area (Å²) in [6.07, 6.45) is 3.49. The van der Waals surface area contributed by atoms with Crippen LogP contribution in [0.25, 0.3) is 0 Å². The van der Waals surface area contributed by atoms with Crippen molar-refractivity contribution in [2.45, 2.75) is 19.4 Å². The van der Waals surface area contributed by atoms with Gasteiger partial charge in [0.05, 0.1) is 12.2 Å². The molecule has 1 aliphatic carbocycles. The normalized spacial score (nSPS) is 22.9. The number of carbonyl (C=O) groups excluding carboxylic acids is 2. The summed E-state index contributed by atoms with van der Waals surface area (Å²) in [5, 5.41) is 0. The van der Waals surface area contributed by atoms with E-state index in [1.165, 1.54) is 0 Å². The van der Waals surface area contributed by atoms with Crippen LogP contribution in [-0.2, 0) is 16.1 Å². The van der Waals surface area contributed by atoms with Crippen LogP contribution in [0.2, 0.25) is 0 Å². The fourth-order valence-electron chi connectivity index (χ4n) is 4.09. The van der Waals surface area contributed by atoms with E-state index in [1.54, 1.807) is 11.1 Å². The van der Waals surface area contributed by atoms with Crippen LogP contribution in [0.3, 0.4) is 0 Å². The fraction of sp³-hybridized carbons (Fsp3) is 0.409. The molecule has 28 heavy (non-hydrogen) atoms. The standard InChI is InChI=1S/C22H25N3O3/c1-24(14-17-7-5-6-11-23-17)21(27)19-13-22(19)10-12-25(16-22)20(26)15-28-18-8-3-2-4-9-18/h2-9,11,19H,10,12-16H2,1H3/t19-,22+/m0/s1. The van der Waals surface area contributed by atoms with Crippen LogP contribution < -0.4 is 4.74 Å². The third-order valence-corrected chi connectivity index (χ3v) is 5.83. The van der Waals surface area contributed by atoms with E-state index in [-0.39, 0.29) is 29.8 Å². The molecule has 1 saturated carbocycles. The van der Waals surface area contributed by atoms with Gasteiger partial charge >= 0.3 is 0 Å². The van der Waals surface area contributed by atoms with E-state index < -0.39 is 0 Å². The third-order valence-electron chi connectivity index (χ3n) is 5.83. The summed E-state index contributed by atoms with van der Waals surface area (Å²) in [6.45, 7) is 1.90. The molecule has 1 aromatic carbocycles.